The SMILES string of the molecule is Nc1[nH]ncc1C(=O)c1ccsc1. The van der Waals surface area contributed by atoms with Crippen molar-refractivity contribution in [3.05, 3.63) is 34.2 Å². The maximum atomic E-state index is 11.7. The van der Waals surface area contributed by atoms with Crippen molar-refractivity contribution in [1.29, 1.82) is 0 Å². The maximum absolute atomic E-state index is 11.7. The van der Waals surface area contributed by atoms with Crippen molar-refractivity contribution >= 4 is 22.9 Å². The number of nitrogens with two attached hydrogens (primary N) is 1. The third-order valence-corrected chi connectivity index (χ3v) is 2.38. The number of carbonyl (C=O) groups is 1. The van der Waals surface area contributed by atoms with Crippen LogP contribution in [0.15, 0.2) is 23.0 Å². The highest BCUT2D eigenvalue weighted by Crippen LogP contribution is 2.15. The molecular weight excluding hydrogens is 186 g/mol. The normalized spacial score (nSPS) is 10.2. The van der Waals surface area contributed by atoms with E-state index in [-0.39, 0.29) is 5.78 Å². The van der Waals surface area contributed by atoms with Crippen LogP contribution < -0.4 is 5.73 Å². The smallest absolute Gasteiger partial charge is 0.199 e. The Hall–Kier alpha value is -1.62. The van der Waals surface area contributed by atoms with Gasteiger partial charge in [-0.3, -0.25) is 9.89 Å². The van der Waals surface area contributed by atoms with Crippen molar-refractivity contribution < 1.29 is 4.79 Å². The van der Waals surface area contributed by atoms with Crippen molar-refractivity contribution in [2.45, 2.75) is 0 Å². The average Bonchev–Trinajstić information content (AvgIpc) is 2.72. The van der Waals surface area contributed by atoms with Crippen molar-refractivity contribution in [3.8, 4) is 0 Å². The lowest BCUT2D eigenvalue weighted by molar-refractivity contribution is 0.104. The van der Waals surface area contributed by atoms with Crippen LogP contribution in [0.4, 0.5) is 5.82 Å². The van der Waals surface area contributed by atoms with Gasteiger partial charge >= 0.3 is 0 Å². The molecule has 2 rings (SSSR count). The van der Waals surface area contributed by atoms with Gasteiger partial charge in [0.25, 0.3) is 0 Å². The van der Waals surface area contributed by atoms with Gasteiger partial charge in [-0.25, -0.2) is 0 Å². The van der Waals surface area contributed by atoms with Gasteiger partial charge < -0.3 is 5.73 Å². The number of hydrogen-bond donors (Lipinski definition) is 2. The first-order valence-electron chi connectivity index (χ1n) is 3.65. The highest BCUT2D eigenvalue weighted by atomic mass is 32.1. The number of aromatic nitrogens is 2. The lowest BCUT2D eigenvalue weighted by atomic mass is 10.1. The summed E-state index contributed by atoms with van der Waals surface area (Å²) in [5.74, 6) is 0.226. The van der Waals surface area contributed by atoms with Crippen LogP contribution in [-0.4, -0.2) is 16.0 Å². The van der Waals surface area contributed by atoms with E-state index < -0.39 is 0 Å². The molecule has 2 aromatic heterocycles. The second-order valence-corrected chi connectivity index (χ2v) is 3.32. The summed E-state index contributed by atoms with van der Waals surface area (Å²) < 4.78 is 0. The molecule has 0 bridgehead atoms. The van der Waals surface area contributed by atoms with Gasteiger partial charge in [0.15, 0.2) is 5.78 Å². The molecule has 13 heavy (non-hydrogen) atoms. The minimum Gasteiger partial charge on any atom is -0.383 e. The van der Waals surface area contributed by atoms with Crippen LogP contribution in [-0.2, 0) is 0 Å². The average molecular weight is 193 g/mol. The van der Waals surface area contributed by atoms with E-state index >= 15 is 0 Å². The first kappa shape index (κ1) is 8.00. The fourth-order valence-corrected chi connectivity index (χ4v) is 1.66. The molecule has 0 fully saturated rings. The Balaban J connectivity index is 2.39. The zero-order chi connectivity index (χ0) is 9.26. The Morgan fingerprint density at radius 3 is 3.00 bits per heavy atom. The number of carbonyl (C=O) groups excluding carboxylic acids is 1. The van der Waals surface area contributed by atoms with Crippen LogP contribution in [0, 0.1) is 0 Å². The molecule has 0 aromatic carbocycles. The second-order valence-electron chi connectivity index (χ2n) is 2.54. The minimum atomic E-state index is -0.0903. The van der Waals surface area contributed by atoms with Gasteiger partial charge in [-0.1, -0.05) is 0 Å². The van der Waals surface area contributed by atoms with Crippen LogP contribution in [0.3, 0.4) is 0 Å². The molecule has 5 heteroatoms. The van der Waals surface area contributed by atoms with E-state index in [0.717, 1.165) is 0 Å². The fraction of sp³-hybridized carbons (Fsp3) is 0. The predicted molar refractivity (Wildman–Crippen MR) is 50.8 cm³/mol. The number of anilines is 1. The Labute approximate surface area is 78.4 Å². The van der Waals surface area contributed by atoms with Gasteiger partial charge in [0.05, 0.1) is 11.8 Å². The first-order chi connectivity index (χ1) is 6.29. The Kier molecular flexibility index (Phi) is 1.86. The van der Waals surface area contributed by atoms with E-state index in [1.165, 1.54) is 17.5 Å². The summed E-state index contributed by atoms with van der Waals surface area (Å²) in [4.78, 5) is 11.7. The van der Waals surface area contributed by atoms with Gasteiger partial charge in [0, 0.05) is 10.9 Å². The zero-order valence-electron chi connectivity index (χ0n) is 6.65. The summed E-state index contributed by atoms with van der Waals surface area (Å²) >= 11 is 1.48. The number of H-pyrrole nitrogens is 1. The maximum Gasteiger partial charge on any atom is 0.199 e. The van der Waals surface area contributed by atoms with Crippen molar-refractivity contribution in [2.24, 2.45) is 0 Å². The number of thiophene rings is 1. The zero-order valence-corrected chi connectivity index (χ0v) is 7.47. The number of hydrogen-bond acceptors (Lipinski definition) is 4. The molecule has 0 radical (unpaired) electrons. The summed E-state index contributed by atoms with van der Waals surface area (Å²) in [6.07, 6.45) is 1.44. The molecule has 2 aromatic rings. The van der Waals surface area contributed by atoms with E-state index in [9.17, 15) is 4.79 Å². The molecule has 0 aliphatic rings. The van der Waals surface area contributed by atoms with Gasteiger partial charge in [-0.15, -0.1) is 0 Å². The van der Waals surface area contributed by atoms with Crippen LogP contribution >= 0.6 is 11.3 Å². The molecule has 66 valence electrons. The molecule has 0 saturated heterocycles. The molecule has 0 saturated carbocycles. The van der Waals surface area contributed by atoms with Crippen LogP contribution in [0.25, 0.3) is 0 Å². The number of nitrogens with one attached hydrogen (secondary N) is 1. The number of aromatic amines is 1. The molecule has 0 atom stereocenters. The van der Waals surface area contributed by atoms with Crippen LogP contribution in [0.2, 0.25) is 0 Å². The second kappa shape index (κ2) is 3.02. The van der Waals surface area contributed by atoms with Crippen molar-refractivity contribution in [1.82, 2.24) is 10.2 Å². The van der Waals surface area contributed by atoms with Crippen molar-refractivity contribution in [3.63, 3.8) is 0 Å². The van der Waals surface area contributed by atoms with Gasteiger partial charge in [0.1, 0.15) is 5.82 Å². The lowest BCUT2D eigenvalue weighted by Crippen LogP contribution is -2.01. The molecule has 0 amide bonds. The standard InChI is InChI=1S/C8H7N3OS/c9-8-6(3-10-11-8)7(12)5-1-2-13-4-5/h1-4H,(H3,9,10,11). The third-order valence-electron chi connectivity index (χ3n) is 1.70. The van der Waals surface area contributed by atoms with E-state index in [1.807, 2.05) is 5.38 Å². The van der Waals surface area contributed by atoms with Crippen molar-refractivity contribution in [2.75, 3.05) is 5.73 Å². The molecule has 0 aliphatic heterocycles. The number of rotatable bonds is 2. The Morgan fingerprint density at radius 2 is 2.46 bits per heavy atom. The van der Waals surface area contributed by atoms with Crippen LogP contribution in [0.5, 0.6) is 0 Å². The first-order valence-corrected chi connectivity index (χ1v) is 4.59. The molecule has 4 nitrogen and oxygen atoms in total. The monoisotopic (exact) mass is 193 g/mol. The summed E-state index contributed by atoms with van der Waals surface area (Å²) in [5.41, 5.74) is 6.59. The quantitative estimate of drug-likeness (QED) is 0.706. The minimum absolute atomic E-state index is 0.0903. The lowest BCUT2D eigenvalue weighted by Gasteiger charge is -1.93. The third kappa shape index (κ3) is 1.33. The highest BCUT2D eigenvalue weighted by Gasteiger charge is 2.13. The molecule has 0 aliphatic carbocycles. The van der Waals surface area contributed by atoms with E-state index in [0.29, 0.717) is 16.9 Å². The summed E-state index contributed by atoms with van der Waals surface area (Å²) in [6.45, 7) is 0. The molecule has 0 unspecified atom stereocenters. The molecular formula is C8H7N3OS. The number of nitrogens with zero attached hydrogens (tertiary/aromatic N) is 1. The molecule has 0 spiro atoms. The predicted octanol–water partition coefficient (Wildman–Crippen LogP) is 1.28. The summed E-state index contributed by atoms with van der Waals surface area (Å²) in [6, 6.07) is 1.76. The summed E-state index contributed by atoms with van der Waals surface area (Å²) in [5, 5.41) is 9.84. The largest absolute Gasteiger partial charge is 0.383 e. The fourth-order valence-electron chi connectivity index (χ4n) is 1.03. The Bertz CT molecular complexity index is 418. The van der Waals surface area contributed by atoms with E-state index in [1.54, 1.807) is 11.4 Å². The van der Waals surface area contributed by atoms with E-state index in [2.05, 4.69) is 10.2 Å². The number of nitrogen functional groups attached to an aromatic ring is 1. The van der Waals surface area contributed by atoms with Gasteiger partial charge in [-0.2, -0.15) is 16.4 Å². The summed E-state index contributed by atoms with van der Waals surface area (Å²) in [7, 11) is 0. The van der Waals surface area contributed by atoms with E-state index in [4.69, 9.17) is 5.73 Å². The number of ketones is 1. The van der Waals surface area contributed by atoms with Crippen LogP contribution in [0.1, 0.15) is 15.9 Å². The Morgan fingerprint density at radius 1 is 1.62 bits per heavy atom. The molecule has 2 heterocycles. The van der Waals surface area contributed by atoms with Gasteiger partial charge in [0.2, 0.25) is 0 Å². The highest BCUT2D eigenvalue weighted by molar-refractivity contribution is 7.08. The molecule has 3 N–H and O–H groups in total. The topological polar surface area (TPSA) is 71.8 Å². The van der Waals surface area contributed by atoms with Gasteiger partial charge in [-0.05, 0) is 11.4 Å².